The van der Waals surface area contributed by atoms with Crippen LogP contribution in [0.4, 0.5) is 4.39 Å². The van der Waals surface area contributed by atoms with Crippen molar-refractivity contribution in [2.75, 3.05) is 0 Å². The number of aliphatic hydroxyl groups is 1. The first kappa shape index (κ1) is 22.6. The Kier molecular flexibility index (Phi) is 6.68. The fraction of sp³-hybridized carbons (Fsp3) is 0.346. The Labute approximate surface area is 192 Å². The van der Waals surface area contributed by atoms with Gasteiger partial charge in [-0.05, 0) is 41.3 Å². The number of cyclic esters (lactones) is 1. The van der Waals surface area contributed by atoms with Gasteiger partial charge in [0.2, 0.25) is 0 Å². The Hall–Kier alpha value is -2.63. The second-order valence-corrected chi connectivity index (χ2v) is 8.97. The van der Waals surface area contributed by atoms with Crippen molar-refractivity contribution in [3.63, 3.8) is 0 Å². The van der Waals surface area contributed by atoms with E-state index in [1.807, 2.05) is 30.3 Å². The van der Waals surface area contributed by atoms with Gasteiger partial charge in [-0.25, -0.2) is 4.39 Å². The van der Waals surface area contributed by atoms with Gasteiger partial charge in [-0.2, -0.15) is 0 Å². The van der Waals surface area contributed by atoms with Gasteiger partial charge >= 0.3 is 5.97 Å². The molecule has 0 saturated carbocycles. The lowest BCUT2D eigenvalue weighted by Gasteiger charge is -2.27. The minimum absolute atomic E-state index is 0.0437. The largest absolute Gasteiger partial charge is 0.462 e. The van der Waals surface area contributed by atoms with Crippen LogP contribution in [0, 0.1) is 5.82 Å². The molecule has 0 spiro atoms. The van der Waals surface area contributed by atoms with Crippen molar-refractivity contribution >= 4 is 17.6 Å². The molecule has 4 rings (SSSR count). The molecule has 168 valence electrons. The second kappa shape index (κ2) is 9.47. The lowest BCUT2D eigenvalue weighted by Crippen LogP contribution is -2.33. The van der Waals surface area contributed by atoms with Crippen LogP contribution < -0.4 is 0 Å². The number of nitrogens with zero attached hydrogens (tertiary/aromatic N) is 1. The van der Waals surface area contributed by atoms with E-state index in [0.29, 0.717) is 24.4 Å². The van der Waals surface area contributed by atoms with Crippen LogP contribution in [0.15, 0.2) is 54.6 Å². The SMILES string of the molecule is CC(C)c1c(Cl)c(-c2ccccc2)c(-c2ccc(F)cc2)n1CC[C@H]1C[C@H](O)CC(=O)O1. The average Bonchev–Trinajstić information content (AvgIpc) is 3.05. The monoisotopic (exact) mass is 455 g/mol. The molecular weight excluding hydrogens is 429 g/mol. The quantitative estimate of drug-likeness (QED) is 0.450. The van der Waals surface area contributed by atoms with Crippen molar-refractivity contribution in [1.82, 2.24) is 4.57 Å². The number of benzene rings is 2. The average molecular weight is 456 g/mol. The molecule has 3 aromatic rings. The third kappa shape index (κ3) is 4.59. The highest BCUT2D eigenvalue weighted by Crippen LogP contribution is 2.45. The number of carbonyl (C=O) groups excluding carboxylic acids is 1. The molecule has 1 saturated heterocycles. The summed E-state index contributed by atoms with van der Waals surface area (Å²) in [5.41, 5.74) is 4.64. The standard InChI is InChI=1S/C26H27ClFNO3/c1-16(2)25-24(27)23(17-6-4-3-5-7-17)26(18-8-10-19(28)11-9-18)29(25)13-12-21-14-20(30)15-22(31)32-21/h3-11,16,20-21,30H,12-15H2,1-2H3/t20-,21-/m0/s1. The Morgan fingerprint density at radius 2 is 1.81 bits per heavy atom. The normalized spacial score (nSPS) is 18.8. The molecule has 0 radical (unpaired) electrons. The van der Waals surface area contributed by atoms with E-state index >= 15 is 0 Å². The van der Waals surface area contributed by atoms with E-state index in [1.165, 1.54) is 12.1 Å². The molecule has 1 fully saturated rings. The molecule has 32 heavy (non-hydrogen) atoms. The molecule has 2 heterocycles. The summed E-state index contributed by atoms with van der Waals surface area (Å²) in [4.78, 5) is 11.8. The van der Waals surface area contributed by atoms with Crippen molar-refractivity contribution in [3.05, 3.63) is 71.1 Å². The van der Waals surface area contributed by atoms with E-state index in [4.69, 9.17) is 16.3 Å². The number of hydrogen-bond donors (Lipinski definition) is 1. The fourth-order valence-corrected chi connectivity index (χ4v) is 5.01. The van der Waals surface area contributed by atoms with Gasteiger partial charge < -0.3 is 14.4 Å². The number of rotatable bonds is 6. The first-order chi connectivity index (χ1) is 15.3. The van der Waals surface area contributed by atoms with E-state index in [2.05, 4.69) is 18.4 Å². The van der Waals surface area contributed by atoms with Crippen LogP contribution in [0.2, 0.25) is 5.02 Å². The molecule has 4 nitrogen and oxygen atoms in total. The number of halogens is 2. The Bertz CT molecular complexity index is 1090. The maximum Gasteiger partial charge on any atom is 0.308 e. The zero-order chi connectivity index (χ0) is 22.8. The van der Waals surface area contributed by atoms with Crippen molar-refractivity contribution in [1.29, 1.82) is 0 Å². The van der Waals surface area contributed by atoms with Crippen LogP contribution >= 0.6 is 11.6 Å². The number of carbonyl (C=O) groups is 1. The van der Waals surface area contributed by atoms with Crippen molar-refractivity contribution in [2.24, 2.45) is 0 Å². The Balaban J connectivity index is 1.83. The van der Waals surface area contributed by atoms with E-state index in [9.17, 15) is 14.3 Å². The molecule has 1 aliphatic rings. The predicted octanol–water partition coefficient (Wildman–Crippen LogP) is 6.19. The van der Waals surface area contributed by atoms with Crippen LogP contribution in [0.25, 0.3) is 22.4 Å². The third-order valence-electron chi connectivity index (χ3n) is 5.88. The number of aromatic nitrogens is 1. The van der Waals surface area contributed by atoms with Crippen LogP contribution in [0.5, 0.6) is 0 Å². The summed E-state index contributed by atoms with van der Waals surface area (Å²) in [5.74, 6) is -0.530. The van der Waals surface area contributed by atoms with Crippen molar-refractivity contribution in [2.45, 2.75) is 57.8 Å². The van der Waals surface area contributed by atoms with Gasteiger partial charge in [0.25, 0.3) is 0 Å². The van der Waals surface area contributed by atoms with Gasteiger partial charge in [-0.3, -0.25) is 4.79 Å². The summed E-state index contributed by atoms with van der Waals surface area (Å²) >= 11 is 6.99. The molecule has 1 N–H and O–H groups in total. The zero-order valence-electron chi connectivity index (χ0n) is 18.2. The number of aliphatic hydroxyl groups excluding tert-OH is 1. The number of ether oxygens (including phenoxy) is 1. The van der Waals surface area contributed by atoms with Crippen molar-refractivity contribution < 1.29 is 19.0 Å². The third-order valence-corrected chi connectivity index (χ3v) is 6.26. The van der Waals surface area contributed by atoms with Gasteiger partial charge in [0.1, 0.15) is 11.9 Å². The Morgan fingerprint density at radius 3 is 2.44 bits per heavy atom. The molecule has 0 bridgehead atoms. The molecule has 1 aliphatic heterocycles. The summed E-state index contributed by atoms with van der Waals surface area (Å²) in [6, 6.07) is 16.3. The van der Waals surface area contributed by atoms with Gasteiger partial charge in [0.05, 0.1) is 23.2 Å². The maximum atomic E-state index is 13.7. The summed E-state index contributed by atoms with van der Waals surface area (Å²) < 4.78 is 21.3. The molecule has 2 aromatic carbocycles. The minimum atomic E-state index is -0.671. The van der Waals surface area contributed by atoms with E-state index < -0.39 is 6.10 Å². The summed E-state index contributed by atoms with van der Waals surface area (Å²) in [6.45, 7) is 4.73. The summed E-state index contributed by atoms with van der Waals surface area (Å²) in [5, 5.41) is 10.7. The minimum Gasteiger partial charge on any atom is -0.462 e. The van der Waals surface area contributed by atoms with E-state index in [-0.39, 0.29) is 30.2 Å². The first-order valence-corrected chi connectivity index (χ1v) is 11.3. The van der Waals surface area contributed by atoms with Crippen LogP contribution in [0.1, 0.15) is 44.7 Å². The highest BCUT2D eigenvalue weighted by atomic mass is 35.5. The lowest BCUT2D eigenvalue weighted by atomic mass is 10.0. The maximum absolute atomic E-state index is 13.7. The highest BCUT2D eigenvalue weighted by molar-refractivity contribution is 6.35. The van der Waals surface area contributed by atoms with Crippen LogP contribution in [-0.4, -0.2) is 27.9 Å². The van der Waals surface area contributed by atoms with Gasteiger partial charge in [0, 0.05) is 30.6 Å². The molecule has 0 unspecified atom stereocenters. The topological polar surface area (TPSA) is 51.5 Å². The van der Waals surface area contributed by atoms with Gasteiger partial charge in [-0.1, -0.05) is 55.8 Å². The second-order valence-electron chi connectivity index (χ2n) is 8.60. The smallest absolute Gasteiger partial charge is 0.308 e. The van der Waals surface area contributed by atoms with Gasteiger partial charge in [-0.15, -0.1) is 0 Å². The molecule has 1 aromatic heterocycles. The Morgan fingerprint density at radius 1 is 1.12 bits per heavy atom. The fourth-order valence-electron chi connectivity index (χ4n) is 4.49. The number of hydrogen-bond acceptors (Lipinski definition) is 3. The molecular formula is C26H27ClFNO3. The van der Waals surface area contributed by atoms with Crippen LogP contribution in [-0.2, 0) is 16.1 Å². The first-order valence-electron chi connectivity index (χ1n) is 11.0. The molecule has 6 heteroatoms. The summed E-state index contributed by atoms with van der Waals surface area (Å²) in [6.07, 6.45) is -0.00285. The molecule has 0 aliphatic carbocycles. The zero-order valence-corrected chi connectivity index (χ0v) is 19.0. The highest BCUT2D eigenvalue weighted by Gasteiger charge is 2.29. The predicted molar refractivity (Wildman–Crippen MR) is 124 cm³/mol. The molecule has 0 amide bonds. The van der Waals surface area contributed by atoms with Crippen LogP contribution in [0.3, 0.4) is 0 Å². The summed E-state index contributed by atoms with van der Waals surface area (Å²) in [7, 11) is 0. The van der Waals surface area contributed by atoms with E-state index in [0.717, 1.165) is 28.1 Å². The van der Waals surface area contributed by atoms with E-state index in [1.54, 1.807) is 12.1 Å². The number of esters is 1. The van der Waals surface area contributed by atoms with Crippen molar-refractivity contribution in [3.8, 4) is 22.4 Å². The molecule has 2 atom stereocenters. The van der Waals surface area contributed by atoms with Gasteiger partial charge in [0.15, 0.2) is 0 Å². The lowest BCUT2D eigenvalue weighted by molar-refractivity contribution is -0.160.